The van der Waals surface area contributed by atoms with Crippen molar-refractivity contribution in [1.82, 2.24) is 20.3 Å². The number of carbonyl (C=O) groups is 1. The molecule has 1 saturated heterocycles. The van der Waals surface area contributed by atoms with Crippen LogP contribution in [0.4, 0.5) is 0 Å². The molecule has 10 heteroatoms. The Bertz CT molecular complexity index is 551. The zero-order valence-electron chi connectivity index (χ0n) is 11.8. The van der Waals surface area contributed by atoms with Gasteiger partial charge in [-0.25, -0.2) is 13.1 Å². The van der Waals surface area contributed by atoms with E-state index >= 15 is 0 Å². The molecule has 0 spiro atoms. The lowest BCUT2D eigenvalue weighted by atomic mass is 10.2. The highest BCUT2D eigenvalue weighted by molar-refractivity contribution is 7.89. The van der Waals surface area contributed by atoms with Crippen LogP contribution in [-0.2, 0) is 14.8 Å². The second kappa shape index (κ2) is 9.96. The fourth-order valence-electron chi connectivity index (χ4n) is 1.97. The average Bonchev–Trinajstić information content (AvgIpc) is 2.92. The fraction of sp³-hybridized carbons (Fsp3) is 0.500. The predicted octanol–water partition coefficient (Wildman–Crippen LogP) is 0.0717. The molecular weight excluding hydrogens is 351 g/mol. The van der Waals surface area contributed by atoms with Crippen LogP contribution in [0.5, 0.6) is 0 Å². The molecule has 7 nitrogen and oxygen atoms in total. The molecule has 3 N–H and O–H groups in total. The summed E-state index contributed by atoms with van der Waals surface area (Å²) in [5.41, 5.74) is 0. The monoisotopic (exact) mass is 370 g/mol. The third-order valence-electron chi connectivity index (χ3n) is 3.01. The van der Waals surface area contributed by atoms with Crippen LogP contribution in [0.2, 0.25) is 0 Å². The maximum atomic E-state index is 11.9. The van der Waals surface area contributed by atoms with Crippen molar-refractivity contribution in [1.29, 1.82) is 0 Å². The zero-order valence-corrected chi connectivity index (χ0v) is 14.3. The van der Waals surface area contributed by atoms with Crippen LogP contribution in [0.25, 0.3) is 0 Å². The number of pyridine rings is 1. The number of rotatable bonds is 6. The Balaban J connectivity index is 0.00000220. The summed E-state index contributed by atoms with van der Waals surface area (Å²) in [6.07, 6.45) is 3.80. The molecule has 22 heavy (non-hydrogen) atoms. The minimum absolute atomic E-state index is 0. The Labute approximate surface area is 142 Å². The summed E-state index contributed by atoms with van der Waals surface area (Å²) in [4.78, 5) is 15.5. The number of carbonyl (C=O) groups excluding carboxylic acids is 1. The molecule has 1 fully saturated rings. The van der Waals surface area contributed by atoms with Gasteiger partial charge in [0.25, 0.3) is 0 Å². The lowest BCUT2D eigenvalue weighted by molar-refractivity contribution is -0.121. The van der Waals surface area contributed by atoms with Gasteiger partial charge < -0.3 is 10.6 Å². The first-order valence-corrected chi connectivity index (χ1v) is 7.96. The molecule has 1 amide bonds. The highest BCUT2D eigenvalue weighted by atomic mass is 35.5. The van der Waals surface area contributed by atoms with Gasteiger partial charge in [-0.1, -0.05) is 0 Å². The van der Waals surface area contributed by atoms with E-state index in [2.05, 4.69) is 20.3 Å². The van der Waals surface area contributed by atoms with Crippen LogP contribution in [0.3, 0.4) is 0 Å². The van der Waals surface area contributed by atoms with Crippen LogP contribution in [0.15, 0.2) is 29.4 Å². The van der Waals surface area contributed by atoms with Crippen LogP contribution in [0, 0.1) is 0 Å². The van der Waals surface area contributed by atoms with E-state index < -0.39 is 10.0 Å². The first-order chi connectivity index (χ1) is 9.58. The molecule has 1 aromatic heterocycles. The number of nitrogens with one attached hydrogen (secondary N) is 3. The first kappa shape index (κ1) is 21.1. The van der Waals surface area contributed by atoms with Crippen LogP contribution in [0.1, 0.15) is 12.8 Å². The van der Waals surface area contributed by atoms with Crippen molar-refractivity contribution < 1.29 is 13.2 Å². The highest BCUT2D eigenvalue weighted by Gasteiger charge is 2.17. The predicted molar refractivity (Wildman–Crippen MR) is 88.0 cm³/mol. The van der Waals surface area contributed by atoms with Gasteiger partial charge in [0, 0.05) is 37.9 Å². The van der Waals surface area contributed by atoms with Gasteiger partial charge in [-0.2, -0.15) is 0 Å². The molecule has 2 heterocycles. The summed E-state index contributed by atoms with van der Waals surface area (Å²) in [6.45, 7) is 1.74. The number of hydrogen-bond donors (Lipinski definition) is 3. The molecule has 0 aromatic carbocycles. The first-order valence-electron chi connectivity index (χ1n) is 6.48. The lowest BCUT2D eigenvalue weighted by Gasteiger charge is -2.11. The SMILES string of the molecule is Cl.Cl.O=C(CCNS(=O)(=O)c1cccnc1)NC1CCNC1. The summed E-state index contributed by atoms with van der Waals surface area (Å²) in [7, 11) is -3.59. The van der Waals surface area contributed by atoms with Gasteiger partial charge >= 0.3 is 0 Å². The number of hydrogen-bond acceptors (Lipinski definition) is 5. The van der Waals surface area contributed by atoms with E-state index in [0.29, 0.717) is 0 Å². The average molecular weight is 371 g/mol. The highest BCUT2D eigenvalue weighted by Crippen LogP contribution is 2.05. The molecule has 0 aliphatic carbocycles. The third kappa shape index (κ3) is 6.45. The van der Waals surface area contributed by atoms with Crippen LogP contribution < -0.4 is 15.4 Å². The quantitative estimate of drug-likeness (QED) is 0.657. The van der Waals surface area contributed by atoms with Crippen molar-refractivity contribution in [3.05, 3.63) is 24.5 Å². The molecule has 0 bridgehead atoms. The minimum Gasteiger partial charge on any atom is -0.352 e. The lowest BCUT2D eigenvalue weighted by Crippen LogP contribution is -2.38. The molecule has 1 aliphatic heterocycles. The second-order valence-corrected chi connectivity index (χ2v) is 6.36. The Morgan fingerprint density at radius 3 is 2.77 bits per heavy atom. The van der Waals surface area contributed by atoms with Crippen molar-refractivity contribution in [2.24, 2.45) is 0 Å². The molecule has 1 aromatic rings. The summed E-state index contributed by atoms with van der Waals surface area (Å²) in [5, 5.41) is 6.00. The van der Waals surface area contributed by atoms with E-state index in [-0.39, 0.29) is 54.6 Å². The van der Waals surface area contributed by atoms with Crippen molar-refractivity contribution in [3.8, 4) is 0 Å². The Kier molecular flexibility index (Phi) is 9.54. The van der Waals surface area contributed by atoms with E-state index in [0.717, 1.165) is 19.5 Å². The van der Waals surface area contributed by atoms with E-state index in [1.54, 1.807) is 6.07 Å². The summed E-state index contributed by atoms with van der Waals surface area (Å²) >= 11 is 0. The van der Waals surface area contributed by atoms with Gasteiger partial charge in [-0.15, -0.1) is 24.8 Å². The van der Waals surface area contributed by atoms with Crippen molar-refractivity contribution in [3.63, 3.8) is 0 Å². The van der Waals surface area contributed by atoms with Crippen molar-refractivity contribution in [2.45, 2.75) is 23.8 Å². The largest absolute Gasteiger partial charge is 0.352 e. The van der Waals surface area contributed by atoms with Gasteiger partial charge in [0.05, 0.1) is 0 Å². The Hall–Kier alpha value is -0.930. The standard InChI is InChI=1S/C12H18N4O3S.2ClH/c17-12(16-10-3-6-14-8-10)4-7-15-20(18,19)11-2-1-5-13-9-11;;/h1-2,5,9-10,14-15H,3-4,6-8H2,(H,16,17);2*1H. The van der Waals surface area contributed by atoms with Crippen molar-refractivity contribution in [2.75, 3.05) is 19.6 Å². The third-order valence-corrected chi connectivity index (χ3v) is 4.46. The van der Waals surface area contributed by atoms with E-state index in [1.165, 1.54) is 18.5 Å². The molecule has 2 rings (SSSR count). The topological polar surface area (TPSA) is 100 Å². The van der Waals surface area contributed by atoms with E-state index in [4.69, 9.17) is 0 Å². The molecular formula is C12H20Cl2N4O3S. The maximum Gasteiger partial charge on any atom is 0.242 e. The fourth-order valence-corrected chi connectivity index (χ4v) is 2.96. The van der Waals surface area contributed by atoms with Crippen molar-refractivity contribution >= 4 is 40.7 Å². The number of sulfonamides is 1. The zero-order chi connectivity index (χ0) is 14.4. The minimum atomic E-state index is -3.59. The van der Waals surface area contributed by atoms with Gasteiger partial charge in [-0.05, 0) is 25.1 Å². The van der Waals surface area contributed by atoms with Gasteiger partial charge in [0.2, 0.25) is 15.9 Å². The second-order valence-electron chi connectivity index (χ2n) is 4.59. The van der Waals surface area contributed by atoms with E-state index in [9.17, 15) is 13.2 Å². The smallest absolute Gasteiger partial charge is 0.242 e. The molecule has 0 saturated carbocycles. The molecule has 1 aliphatic rings. The summed E-state index contributed by atoms with van der Waals surface area (Å²) < 4.78 is 26.1. The number of aromatic nitrogens is 1. The maximum absolute atomic E-state index is 11.9. The number of nitrogens with zero attached hydrogens (tertiary/aromatic N) is 1. The van der Waals surface area contributed by atoms with Gasteiger partial charge in [-0.3, -0.25) is 9.78 Å². The number of amides is 1. The molecule has 0 radical (unpaired) electrons. The molecule has 1 unspecified atom stereocenters. The van der Waals surface area contributed by atoms with Gasteiger partial charge in [0.15, 0.2) is 0 Å². The Morgan fingerprint density at radius 2 is 2.18 bits per heavy atom. The molecule has 126 valence electrons. The van der Waals surface area contributed by atoms with Crippen LogP contribution in [-0.4, -0.2) is 45.0 Å². The normalized spacial score (nSPS) is 17.2. The van der Waals surface area contributed by atoms with E-state index in [1.807, 2.05) is 0 Å². The summed E-state index contributed by atoms with van der Waals surface area (Å²) in [6, 6.07) is 3.16. The van der Waals surface area contributed by atoms with Crippen LogP contribution >= 0.6 is 24.8 Å². The number of halogens is 2. The molecule has 1 atom stereocenters. The Morgan fingerprint density at radius 1 is 1.41 bits per heavy atom. The summed E-state index contributed by atoms with van der Waals surface area (Å²) in [5.74, 6) is -0.146. The van der Waals surface area contributed by atoms with Gasteiger partial charge in [0.1, 0.15) is 4.90 Å².